The maximum absolute atomic E-state index is 12.7. The Morgan fingerprint density at radius 1 is 1.09 bits per heavy atom. The molecule has 9 heteroatoms. The van der Waals surface area contributed by atoms with Crippen molar-refractivity contribution in [1.82, 2.24) is 9.55 Å². The van der Waals surface area contributed by atoms with Gasteiger partial charge in [0.2, 0.25) is 0 Å². The second-order valence-electron chi connectivity index (χ2n) is 7.53. The van der Waals surface area contributed by atoms with Gasteiger partial charge in [-0.15, -0.1) is 0 Å². The number of ether oxygens (including phenoxy) is 1. The third-order valence-corrected chi connectivity index (χ3v) is 6.57. The van der Waals surface area contributed by atoms with Crippen LogP contribution in [0.3, 0.4) is 0 Å². The number of sulfonamides is 1. The van der Waals surface area contributed by atoms with Crippen LogP contribution in [0.1, 0.15) is 23.9 Å². The number of carbonyl (C=O) groups is 1. The topological polar surface area (TPSA) is 114 Å². The predicted molar refractivity (Wildman–Crippen MR) is 128 cm³/mol. The highest BCUT2D eigenvalue weighted by molar-refractivity contribution is 7.92. The van der Waals surface area contributed by atoms with Crippen molar-refractivity contribution in [3.63, 3.8) is 0 Å². The van der Waals surface area contributed by atoms with Crippen LogP contribution in [-0.2, 0) is 32.5 Å². The highest BCUT2D eigenvalue weighted by atomic mass is 32.2. The number of anilines is 1. The number of imidazole rings is 1. The van der Waals surface area contributed by atoms with Gasteiger partial charge in [0.05, 0.1) is 39.9 Å². The lowest BCUT2D eigenvalue weighted by atomic mass is 10.1. The summed E-state index contributed by atoms with van der Waals surface area (Å²) in [5, 5.41) is 9.02. The molecule has 0 aliphatic carbocycles. The number of benzene rings is 3. The summed E-state index contributed by atoms with van der Waals surface area (Å²) in [6, 6.07) is 22.3. The van der Waals surface area contributed by atoms with Crippen molar-refractivity contribution in [2.75, 3.05) is 11.3 Å². The van der Waals surface area contributed by atoms with Gasteiger partial charge in [0.1, 0.15) is 12.4 Å². The van der Waals surface area contributed by atoms with Gasteiger partial charge >= 0.3 is 5.97 Å². The van der Waals surface area contributed by atoms with E-state index in [1.165, 1.54) is 12.1 Å². The first-order valence-corrected chi connectivity index (χ1v) is 12.1. The van der Waals surface area contributed by atoms with E-state index in [2.05, 4.69) is 15.8 Å². The van der Waals surface area contributed by atoms with E-state index in [0.717, 1.165) is 5.56 Å². The maximum Gasteiger partial charge on any atom is 0.326 e. The summed E-state index contributed by atoms with van der Waals surface area (Å²) in [5.41, 5.74) is 3.06. The van der Waals surface area contributed by atoms with Gasteiger partial charge in [0.25, 0.3) is 10.0 Å². The number of nitriles is 1. The fraction of sp³-hybridized carbons (Fsp3) is 0.160. The Morgan fingerprint density at radius 2 is 1.82 bits per heavy atom. The standard InChI is InChI=1S/C25H22N4O4S/c1-2-33-25(30)17-29-23-13-12-20(28-34(31,32)21-6-4-3-5-7-21)15-22(23)27-24(29)14-18-8-10-19(16-26)11-9-18/h3-13,15,28H,2,14,17H2,1H3. The number of esters is 1. The van der Waals surface area contributed by atoms with Crippen LogP contribution in [0, 0.1) is 11.3 Å². The minimum Gasteiger partial charge on any atom is -0.465 e. The van der Waals surface area contributed by atoms with Crippen molar-refractivity contribution in [1.29, 1.82) is 5.26 Å². The maximum atomic E-state index is 12.7. The summed E-state index contributed by atoms with van der Waals surface area (Å²) in [6.45, 7) is 1.99. The molecular formula is C25H22N4O4S. The van der Waals surface area contributed by atoms with Crippen LogP contribution in [0.5, 0.6) is 0 Å². The highest BCUT2D eigenvalue weighted by Crippen LogP contribution is 2.24. The smallest absolute Gasteiger partial charge is 0.326 e. The molecule has 34 heavy (non-hydrogen) atoms. The van der Waals surface area contributed by atoms with Crippen LogP contribution in [0.4, 0.5) is 5.69 Å². The van der Waals surface area contributed by atoms with E-state index in [1.54, 1.807) is 60.0 Å². The van der Waals surface area contributed by atoms with E-state index < -0.39 is 16.0 Å². The SMILES string of the molecule is CCOC(=O)Cn1c(Cc2ccc(C#N)cc2)nc2cc(NS(=O)(=O)c3ccccc3)ccc21. The van der Waals surface area contributed by atoms with E-state index in [0.29, 0.717) is 34.5 Å². The Bertz CT molecular complexity index is 1470. The molecule has 8 nitrogen and oxygen atoms in total. The van der Waals surface area contributed by atoms with E-state index >= 15 is 0 Å². The Hall–Kier alpha value is -4.16. The van der Waals surface area contributed by atoms with Crippen molar-refractivity contribution in [3.05, 3.63) is 89.7 Å². The third kappa shape index (κ3) is 5.08. The highest BCUT2D eigenvalue weighted by Gasteiger charge is 2.18. The third-order valence-electron chi connectivity index (χ3n) is 5.17. The van der Waals surface area contributed by atoms with Crippen LogP contribution in [-0.4, -0.2) is 30.5 Å². The van der Waals surface area contributed by atoms with Gasteiger partial charge < -0.3 is 9.30 Å². The van der Waals surface area contributed by atoms with Crippen molar-refractivity contribution in [2.45, 2.75) is 24.8 Å². The largest absolute Gasteiger partial charge is 0.465 e. The molecule has 0 aliphatic rings. The molecule has 0 saturated heterocycles. The number of nitrogens with one attached hydrogen (secondary N) is 1. The van der Waals surface area contributed by atoms with Crippen LogP contribution in [0.25, 0.3) is 11.0 Å². The van der Waals surface area contributed by atoms with Gasteiger partial charge in [0.15, 0.2) is 0 Å². The van der Waals surface area contributed by atoms with E-state index in [1.807, 2.05) is 12.1 Å². The number of hydrogen-bond acceptors (Lipinski definition) is 6. The first-order valence-electron chi connectivity index (χ1n) is 10.6. The normalized spacial score (nSPS) is 11.2. The van der Waals surface area contributed by atoms with Crippen LogP contribution >= 0.6 is 0 Å². The van der Waals surface area contributed by atoms with E-state index in [-0.39, 0.29) is 18.0 Å². The summed E-state index contributed by atoms with van der Waals surface area (Å²) in [7, 11) is -3.75. The van der Waals surface area contributed by atoms with Gasteiger partial charge in [-0.25, -0.2) is 13.4 Å². The second-order valence-corrected chi connectivity index (χ2v) is 9.21. The number of fused-ring (bicyclic) bond motifs is 1. The number of nitrogens with zero attached hydrogens (tertiary/aromatic N) is 3. The molecule has 0 amide bonds. The number of carbonyl (C=O) groups excluding carboxylic acids is 1. The minimum absolute atomic E-state index is 0.0228. The quantitative estimate of drug-likeness (QED) is 0.388. The molecule has 4 aromatic rings. The van der Waals surface area contributed by atoms with Crippen LogP contribution < -0.4 is 4.72 Å². The molecule has 0 bridgehead atoms. The molecule has 0 spiro atoms. The van der Waals surface area contributed by atoms with Crippen molar-refractivity contribution in [2.24, 2.45) is 0 Å². The minimum atomic E-state index is -3.75. The average Bonchev–Trinajstić information content (AvgIpc) is 3.16. The molecule has 1 N–H and O–H groups in total. The van der Waals surface area contributed by atoms with E-state index in [4.69, 9.17) is 10.00 Å². The average molecular weight is 475 g/mol. The lowest BCUT2D eigenvalue weighted by Gasteiger charge is -2.10. The molecule has 0 atom stereocenters. The summed E-state index contributed by atoms with van der Waals surface area (Å²) < 4.78 is 34.9. The Labute approximate surface area is 197 Å². The van der Waals surface area contributed by atoms with Crippen molar-refractivity contribution < 1.29 is 17.9 Å². The molecule has 1 aromatic heterocycles. The predicted octanol–water partition coefficient (Wildman–Crippen LogP) is 3.86. The zero-order chi connectivity index (χ0) is 24.1. The Morgan fingerprint density at radius 3 is 2.50 bits per heavy atom. The lowest BCUT2D eigenvalue weighted by molar-refractivity contribution is -0.143. The summed E-state index contributed by atoms with van der Waals surface area (Å²) in [6.07, 6.45) is 0.421. The molecule has 0 unspecified atom stereocenters. The molecule has 0 saturated carbocycles. The summed E-state index contributed by atoms with van der Waals surface area (Å²) >= 11 is 0. The number of hydrogen-bond donors (Lipinski definition) is 1. The monoisotopic (exact) mass is 474 g/mol. The van der Waals surface area contributed by atoms with Crippen molar-refractivity contribution >= 4 is 32.7 Å². The van der Waals surface area contributed by atoms with Gasteiger partial charge in [-0.3, -0.25) is 9.52 Å². The van der Waals surface area contributed by atoms with Crippen molar-refractivity contribution in [3.8, 4) is 6.07 Å². The molecule has 0 fully saturated rings. The van der Waals surface area contributed by atoms with Gasteiger partial charge in [-0.05, 0) is 55.0 Å². The van der Waals surface area contributed by atoms with Gasteiger partial charge in [-0.2, -0.15) is 5.26 Å². The molecule has 4 rings (SSSR count). The molecule has 172 valence electrons. The van der Waals surface area contributed by atoms with E-state index in [9.17, 15) is 13.2 Å². The summed E-state index contributed by atoms with van der Waals surface area (Å²) in [5.74, 6) is 0.229. The fourth-order valence-electron chi connectivity index (χ4n) is 3.58. The van der Waals surface area contributed by atoms with Crippen LogP contribution in [0.15, 0.2) is 77.7 Å². The fourth-order valence-corrected chi connectivity index (χ4v) is 4.65. The first kappa shape index (κ1) is 23.0. The molecule has 3 aromatic carbocycles. The zero-order valence-corrected chi connectivity index (χ0v) is 19.2. The van der Waals surface area contributed by atoms with Crippen LogP contribution in [0.2, 0.25) is 0 Å². The molecule has 0 radical (unpaired) electrons. The molecular weight excluding hydrogens is 452 g/mol. The summed E-state index contributed by atoms with van der Waals surface area (Å²) in [4.78, 5) is 17.1. The molecule has 1 heterocycles. The Kier molecular flexibility index (Phi) is 6.61. The lowest BCUT2D eigenvalue weighted by Crippen LogP contribution is -2.16. The Balaban J connectivity index is 1.70. The van der Waals surface area contributed by atoms with Gasteiger partial charge in [0, 0.05) is 6.42 Å². The molecule has 0 aliphatic heterocycles. The first-order chi connectivity index (χ1) is 16.4. The van der Waals surface area contributed by atoms with Gasteiger partial charge in [-0.1, -0.05) is 30.3 Å². The zero-order valence-electron chi connectivity index (χ0n) is 18.4. The number of rotatable bonds is 8. The second kappa shape index (κ2) is 9.77. The number of aromatic nitrogens is 2.